The van der Waals surface area contributed by atoms with Crippen molar-refractivity contribution in [3.05, 3.63) is 84.0 Å². The van der Waals surface area contributed by atoms with E-state index < -0.39 is 23.6 Å². The lowest BCUT2D eigenvalue weighted by molar-refractivity contribution is 0.0991. The smallest absolute Gasteiger partial charge is 0.276 e. The van der Waals surface area contributed by atoms with Gasteiger partial charge in [0.25, 0.3) is 11.8 Å². The Hall–Kier alpha value is -6.98. The molecule has 0 aliphatic rings. The average molecular weight is 709 g/mol. The first-order valence-corrected chi connectivity index (χ1v) is 16.1. The molecule has 0 spiro atoms. The number of carbonyl (C=O) groups is 4. The Balaban J connectivity index is 1.39. The van der Waals surface area contributed by atoms with Gasteiger partial charge in [-0.15, -0.1) is 0 Å². The van der Waals surface area contributed by atoms with Crippen molar-refractivity contribution < 1.29 is 28.7 Å². The Morgan fingerprint density at radius 3 is 1.44 bits per heavy atom. The van der Waals surface area contributed by atoms with Crippen LogP contribution < -0.4 is 31.6 Å². The van der Waals surface area contributed by atoms with E-state index in [9.17, 15) is 19.2 Å². The van der Waals surface area contributed by atoms with E-state index in [0.717, 1.165) is 0 Å². The number of hydrogen-bond acceptors (Lipinski definition) is 10. The van der Waals surface area contributed by atoms with Crippen LogP contribution in [0.3, 0.4) is 0 Å². The van der Waals surface area contributed by atoms with Crippen LogP contribution >= 0.6 is 0 Å². The molecule has 0 saturated carbocycles. The first kappa shape index (κ1) is 34.9. The molecule has 0 fully saturated rings. The van der Waals surface area contributed by atoms with E-state index in [1.807, 2.05) is 26.0 Å². The molecule has 52 heavy (non-hydrogen) atoms. The highest BCUT2D eigenvalue weighted by Crippen LogP contribution is 2.32. The SMILES string of the molecule is CCn1cncc1C(=O)Nc1nc2cc(C(N)=O)cc(OC)c2n1C/C=C/Cn1c(NC(=O)c2cncn2CC)nc2cc(C(N)=O)cc(OC)c21. The number of rotatable bonds is 14. The van der Waals surface area contributed by atoms with Gasteiger partial charge in [0.2, 0.25) is 23.7 Å². The largest absolute Gasteiger partial charge is 0.494 e. The molecule has 18 nitrogen and oxygen atoms in total. The lowest BCUT2D eigenvalue weighted by Crippen LogP contribution is -2.19. The number of nitrogens with one attached hydrogen (secondary N) is 2. The molecule has 18 heteroatoms. The van der Waals surface area contributed by atoms with Crippen molar-refractivity contribution in [3.8, 4) is 11.5 Å². The fourth-order valence-corrected chi connectivity index (χ4v) is 5.82. The van der Waals surface area contributed by atoms with Crippen molar-refractivity contribution in [2.24, 2.45) is 11.5 Å². The third kappa shape index (κ3) is 6.51. The highest BCUT2D eigenvalue weighted by Gasteiger charge is 2.23. The Morgan fingerprint density at radius 1 is 0.692 bits per heavy atom. The summed E-state index contributed by atoms with van der Waals surface area (Å²) in [6.45, 7) is 5.19. The molecule has 0 saturated heterocycles. The molecule has 4 aromatic heterocycles. The maximum atomic E-state index is 13.4. The van der Waals surface area contributed by atoms with Gasteiger partial charge in [-0.2, -0.15) is 0 Å². The molecule has 0 atom stereocenters. The number of aromatic nitrogens is 8. The van der Waals surface area contributed by atoms with E-state index >= 15 is 0 Å². The Morgan fingerprint density at radius 2 is 1.10 bits per heavy atom. The molecule has 0 unspecified atom stereocenters. The number of aryl methyl sites for hydroxylation is 2. The molecule has 2 aromatic carbocycles. The number of fused-ring (bicyclic) bond motifs is 2. The highest BCUT2D eigenvalue weighted by atomic mass is 16.5. The molecule has 0 aliphatic heterocycles. The van der Waals surface area contributed by atoms with E-state index in [1.165, 1.54) is 50.9 Å². The summed E-state index contributed by atoms with van der Waals surface area (Å²) in [5, 5.41) is 5.72. The van der Waals surface area contributed by atoms with Gasteiger partial charge in [0, 0.05) is 37.3 Å². The minimum absolute atomic E-state index is 0.179. The molecule has 0 aliphatic carbocycles. The topological polar surface area (TPSA) is 234 Å². The monoisotopic (exact) mass is 708 g/mol. The van der Waals surface area contributed by atoms with Gasteiger partial charge in [-0.3, -0.25) is 29.8 Å². The van der Waals surface area contributed by atoms with Crippen LogP contribution in [0, 0.1) is 0 Å². The second-order valence-corrected chi connectivity index (χ2v) is 11.4. The molecule has 0 radical (unpaired) electrons. The van der Waals surface area contributed by atoms with Crippen molar-refractivity contribution >= 4 is 57.6 Å². The summed E-state index contributed by atoms with van der Waals surface area (Å²) in [5.74, 6) is -1.21. The van der Waals surface area contributed by atoms with Crippen molar-refractivity contribution in [1.82, 2.24) is 38.2 Å². The molecular weight excluding hydrogens is 672 g/mol. The van der Waals surface area contributed by atoms with E-state index in [1.54, 1.807) is 30.9 Å². The van der Waals surface area contributed by atoms with E-state index in [4.69, 9.17) is 20.9 Å². The van der Waals surface area contributed by atoms with Gasteiger partial charge < -0.3 is 39.2 Å². The zero-order valence-corrected chi connectivity index (χ0v) is 28.8. The average Bonchev–Trinajstić information content (AvgIpc) is 3.94. The summed E-state index contributed by atoms with van der Waals surface area (Å²) in [5.41, 5.74) is 13.9. The number of primary amides is 2. The molecular formula is C34H36N12O6. The minimum atomic E-state index is -0.667. The summed E-state index contributed by atoms with van der Waals surface area (Å²) >= 11 is 0. The fraction of sp³-hybridized carbons (Fsp3) is 0.235. The number of amides is 4. The van der Waals surface area contributed by atoms with Crippen LogP contribution in [0.1, 0.15) is 55.5 Å². The number of carbonyl (C=O) groups excluding carboxylic acids is 4. The normalized spacial score (nSPS) is 11.4. The maximum absolute atomic E-state index is 13.4. The molecule has 268 valence electrons. The Kier molecular flexibility index (Phi) is 9.71. The van der Waals surface area contributed by atoms with Crippen LogP contribution in [0.5, 0.6) is 11.5 Å². The van der Waals surface area contributed by atoms with Crippen molar-refractivity contribution in [3.63, 3.8) is 0 Å². The second-order valence-electron chi connectivity index (χ2n) is 11.4. The van der Waals surface area contributed by atoms with Crippen molar-refractivity contribution in [2.45, 2.75) is 40.0 Å². The standard InChI is InChI=1S/C34H36N12O6/c1-5-43-17-37-15-23(43)31(49)41-33-39-21-11-19(29(35)47)13-25(51-3)27(21)45(33)9-7-8-10-46-28-22(12-20(30(36)48)14-26(28)52-4)40-34(46)42-32(50)24-16-38-18-44(24)6-2/h7-8,11-18H,5-6,9-10H2,1-4H3,(H2,35,47)(H2,36,48)(H,39,41,49)(H,40,42,50)/b8-7+. The van der Waals surface area contributed by atoms with Gasteiger partial charge in [0.1, 0.15) is 33.9 Å². The van der Waals surface area contributed by atoms with Gasteiger partial charge in [0.05, 0.1) is 50.3 Å². The number of nitrogens with zero attached hydrogens (tertiary/aromatic N) is 8. The quantitative estimate of drug-likeness (QED) is 0.121. The summed E-state index contributed by atoms with van der Waals surface area (Å²) in [6.07, 6.45) is 9.67. The highest BCUT2D eigenvalue weighted by molar-refractivity contribution is 6.05. The number of benzene rings is 2. The molecule has 6 rings (SSSR count). The van der Waals surface area contributed by atoms with Gasteiger partial charge in [-0.1, -0.05) is 12.2 Å². The summed E-state index contributed by atoms with van der Waals surface area (Å²) < 4.78 is 18.1. The molecule has 6 N–H and O–H groups in total. The summed E-state index contributed by atoms with van der Waals surface area (Å²) in [4.78, 5) is 68.3. The first-order chi connectivity index (χ1) is 25.1. The maximum Gasteiger partial charge on any atom is 0.276 e. The lowest BCUT2D eigenvalue weighted by atomic mass is 10.1. The predicted molar refractivity (Wildman–Crippen MR) is 190 cm³/mol. The molecule has 6 aromatic rings. The fourth-order valence-electron chi connectivity index (χ4n) is 5.82. The predicted octanol–water partition coefficient (Wildman–Crippen LogP) is 2.79. The number of methoxy groups -OCH3 is 2. The second kappa shape index (κ2) is 14.5. The van der Waals surface area contributed by atoms with Crippen molar-refractivity contribution in [2.75, 3.05) is 24.9 Å². The number of hydrogen-bond donors (Lipinski definition) is 4. The van der Waals surface area contributed by atoms with E-state index in [-0.39, 0.29) is 36.1 Å². The van der Waals surface area contributed by atoms with E-state index in [0.29, 0.717) is 58.0 Å². The number of ether oxygens (including phenoxy) is 2. The minimum Gasteiger partial charge on any atom is -0.494 e. The van der Waals surface area contributed by atoms with Crippen LogP contribution in [0.25, 0.3) is 22.1 Å². The zero-order chi connectivity index (χ0) is 37.1. The third-order valence-corrected chi connectivity index (χ3v) is 8.39. The first-order valence-electron chi connectivity index (χ1n) is 16.1. The molecule has 4 heterocycles. The molecule has 4 amide bonds. The molecule has 0 bridgehead atoms. The van der Waals surface area contributed by atoms with Crippen LogP contribution in [0.4, 0.5) is 11.9 Å². The van der Waals surface area contributed by atoms with Gasteiger partial charge >= 0.3 is 0 Å². The van der Waals surface area contributed by atoms with Crippen LogP contribution in [0.15, 0.2) is 61.5 Å². The Bertz CT molecular complexity index is 2220. The van der Waals surface area contributed by atoms with Crippen molar-refractivity contribution in [1.29, 1.82) is 0 Å². The number of anilines is 2. The van der Waals surface area contributed by atoms with Gasteiger partial charge in [-0.25, -0.2) is 19.9 Å². The van der Waals surface area contributed by atoms with E-state index in [2.05, 4.69) is 30.6 Å². The lowest BCUT2D eigenvalue weighted by Gasteiger charge is -2.12. The van der Waals surface area contributed by atoms with Crippen LogP contribution in [-0.2, 0) is 26.2 Å². The zero-order valence-electron chi connectivity index (χ0n) is 28.8. The summed E-state index contributed by atoms with van der Waals surface area (Å²) in [6, 6.07) is 6.06. The van der Waals surface area contributed by atoms with Gasteiger partial charge in [-0.05, 0) is 38.1 Å². The van der Waals surface area contributed by atoms with Crippen LogP contribution in [-0.4, -0.2) is 76.1 Å². The Labute approximate surface area is 296 Å². The number of nitrogens with two attached hydrogens (primary N) is 2. The number of allylic oxidation sites excluding steroid dienone is 2. The summed E-state index contributed by atoms with van der Waals surface area (Å²) in [7, 11) is 2.91. The van der Waals surface area contributed by atoms with Crippen LogP contribution in [0.2, 0.25) is 0 Å². The number of imidazole rings is 4. The van der Waals surface area contributed by atoms with Gasteiger partial charge in [0.15, 0.2) is 0 Å². The third-order valence-electron chi connectivity index (χ3n) is 8.39.